The van der Waals surface area contributed by atoms with Gasteiger partial charge in [-0.15, -0.1) is 0 Å². The molecule has 0 bridgehead atoms. The van der Waals surface area contributed by atoms with E-state index in [9.17, 15) is 18.0 Å². The van der Waals surface area contributed by atoms with Gasteiger partial charge in [0.25, 0.3) is 0 Å². The summed E-state index contributed by atoms with van der Waals surface area (Å²) in [6.07, 6.45) is -4.17. The third-order valence-electron chi connectivity index (χ3n) is 1.45. The van der Waals surface area contributed by atoms with Crippen LogP contribution in [0.2, 0.25) is 0 Å². The molecule has 15 heavy (non-hydrogen) atoms. The molecule has 0 spiro atoms. The van der Waals surface area contributed by atoms with Gasteiger partial charge >= 0.3 is 90.7 Å². The molecule has 80 valence electrons. The molecule has 0 aliphatic heterocycles. The quantitative estimate of drug-likeness (QED) is 0.607. The number of carbonyl (C=O) groups excluding carboxylic acids is 1. The minimum atomic E-state index is -4.76. The van der Waals surface area contributed by atoms with Gasteiger partial charge in [0.15, 0.2) is 0 Å². The molecule has 0 N–H and O–H groups in total. The standard InChI is InChI=1S/C10H7F3OSe/c11-10(12,13)9(14)6-7-15-8-4-2-1-3-5-8/h1-7H/b7-6+. The fourth-order valence-electron chi connectivity index (χ4n) is 0.768. The van der Waals surface area contributed by atoms with Crippen LogP contribution in [0, 0.1) is 0 Å². The molecule has 0 saturated carbocycles. The molecular formula is C10H7F3OSe. The van der Waals surface area contributed by atoms with Gasteiger partial charge in [-0.05, 0) is 0 Å². The summed E-state index contributed by atoms with van der Waals surface area (Å²) in [7, 11) is 0. The maximum atomic E-state index is 11.8. The Morgan fingerprint density at radius 1 is 1.20 bits per heavy atom. The van der Waals surface area contributed by atoms with E-state index in [1.165, 1.54) is 4.97 Å². The van der Waals surface area contributed by atoms with Gasteiger partial charge < -0.3 is 0 Å². The van der Waals surface area contributed by atoms with Crippen molar-refractivity contribution in [1.82, 2.24) is 0 Å². The summed E-state index contributed by atoms with van der Waals surface area (Å²) in [5, 5.41) is 0. The summed E-state index contributed by atoms with van der Waals surface area (Å²) in [4.78, 5) is 11.7. The predicted octanol–water partition coefficient (Wildman–Crippen LogP) is 1.66. The zero-order valence-corrected chi connectivity index (χ0v) is 9.20. The van der Waals surface area contributed by atoms with Gasteiger partial charge in [-0.25, -0.2) is 0 Å². The average Bonchev–Trinajstić information content (AvgIpc) is 2.18. The number of hydrogen-bond donors (Lipinski definition) is 0. The van der Waals surface area contributed by atoms with Crippen LogP contribution in [0.15, 0.2) is 41.4 Å². The van der Waals surface area contributed by atoms with Gasteiger partial charge in [-0.2, -0.15) is 0 Å². The minimum absolute atomic E-state index is 0.234. The first kappa shape index (κ1) is 12.0. The van der Waals surface area contributed by atoms with Gasteiger partial charge in [0, 0.05) is 0 Å². The van der Waals surface area contributed by atoms with E-state index >= 15 is 0 Å². The number of rotatable bonds is 3. The predicted molar refractivity (Wildman–Crippen MR) is 52.0 cm³/mol. The van der Waals surface area contributed by atoms with Crippen molar-refractivity contribution in [1.29, 1.82) is 0 Å². The van der Waals surface area contributed by atoms with Crippen molar-refractivity contribution >= 4 is 25.2 Å². The van der Waals surface area contributed by atoms with Gasteiger partial charge in [-0.1, -0.05) is 0 Å². The first-order chi connectivity index (χ1) is 7.00. The molecular weight excluding hydrogens is 272 g/mol. The molecule has 0 unspecified atom stereocenters. The summed E-state index contributed by atoms with van der Waals surface area (Å²) < 4.78 is 36.3. The van der Waals surface area contributed by atoms with E-state index in [1.54, 1.807) is 12.1 Å². The molecule has 0 aromatic heterocycles. The zero-order valence-electron chi connectivity index (χ0n) is 7.49. The molecule has 0 amide bonds. The van der Waals surface area contributed by atoms with E-state index in [4.69, 9.17) is 0 Å². The van der Waals surface area contributed by atoms with Crippen LogP contribution in [0.25, 0.3) is 0 Å². The first-order valence-corrected chi connectivity index (χ1v) is 5.84. The van der Waals surface area contributed by atoms with Crippen LogP contribution in [0.5, 0.6) is 0 Å². The van der Waals surface area contributed by atoms with Crippen molar-refractivity contribution in [3.63, 3.8) is 0 Å². The van der Waals surface area contributed by atoms with E-state index in [2.05, 4.69) is 0 Å². The van der Waals surface area contributed by atoms with Crippen molar-refractivity contribution in [2.45, 2.75) is 6.18 Å². The maximum absolute atomic E-state index is 11.8. The summed E-state index contributed by atoms with van der Waals surface area (Å²) in [5.41, 5.74) is 0. The number of ketones is 1. The third kappa shape index (κ3) is 4.32. The number of alkyl halides is 3. The van der Waals surface area contributed by atoms with Gasteiger partial charge in [0.05, 0.1) is 0 Å². The number of allylic oxidation sites excluding steroid dienone is 1. The van der Waals surface area contributed by atoms with E-state index in [1.807, 2.05) is 18.2 Å². The number of carbonyl (C=O) groups is 1. The normalized spacial score (nSPS) is 11.9. The average molecular weight is 279 g/mol. The van der Waals surface area contributed by atoms with E-state index in [0.29, 0.717) is 6.08 Å². The van der Waals surface area contributed by atoms with Crippen molar-refractivity contribution in [3.05, 3.63) is 41.4 Å². The monoisotopic (exact) mass is 280 g/mol. The van der Waals surface area contributed by atoms with Crippen LogP contribution in [0.4, 0.5) is 13.2 Å². The molecule has 0 saturated heterocycles. The first-order valence-electron chi connectivity index (χ1n) is 3.99. The SMILES string of the molecule is O=C(/C=C/[Se]c1ccccc1)C(F)(F)F. The Labute approximate surface area is 91.1 Å². The zero-order chi connectivity index (χ0) is 11.3. The van der Waals surface area contributed by atoms with Crippen molar-refractivity contribution in [2.24, 2.45) is 0 Å². The van der Waals surface area contributed by atoms with Crippen molar-refractivity contribution < 1.29 is 18.0 Å². The summed E-state index contributed by atoms with van der Waals surface area (Å²) in [5.74, 6) is -1.81. The number of halogens is 3. The Morgan fingerprint density at radius 2 is 1.80 bits per heavy atom. The molecule has 0 radical (unpaired) electrons. The van der Waals surface area contributed by atoms with E-state index in [-0.39, 0.29) is 15.0 Å². The molecule has 0 fully saturated rings. The molecule has 1 aromatic rings. The summed E-state index contributed by atoms with van der Waals surface area (Å²) in [6, 6.07) is 9.04. The molecule has 0 aliphatic carbocycles. The Hall–Kier alpha value is -1.06. The van der Waals surface area contributed by atoms with E-state index < -0.39 is 12.0 Å². The van der Waals surface area contributed by atoms with E-state index in [0.717, 1.165) is 4.46 Å². The van der Waals surface area contributed by atoms with Crippen LogP contribution in [-0.2, 0) is 4.79 Å². The second-order valence-corrected chi connectivity index (χ2v) is 4.65. The third-order valence-corrected chi connectivity index (χ3v) is 3.16. The fraction of sp³-hybridized carbons (Fsp3) is 0.100. The van der Waals surface area contributed by atoms with Crippen LogP contribution >= 0.6 is 0 Å². The second kappa shape index (κ2) is 5.14. The Balaban J connectivity index is 2.51. The van der Waals surface area contributed by atoms with Crippen LogP contribution in [0.3, 0.4) is 0 Å². The summed E-state index contributed by atoms with van der Waals surface area (Å²) >= 11 is -0.234. The number of hydrogen-bond acceptors (Lipinski definition) is 1. The summed E-state index contributed by atoms with van der Waals surface area (Å²) in [6.45, 7) is 0. The van der Waals surface area contributed by atoms with Gasteiger partial charge in [0.2, 0.25) is 0 Å². The molecule has 0 aliphatic rings. The molecule has 1 aromatic carbocycles. The van der Waals surface area contributed by atoms with Crippen LogP contribution < -0.4 is 4.46 Å². The molecule has 0 atom stereocenters. The van der Waals surface area contributed by atoms with Crippen molar-refractivity contribution in [3.8, 4) is 0 Å². The van der Waals surface area contributed by atoms with Gasteiger partial charge in [0.1, 0.15) is 0 Å². The van der Waals surface area contributed by atoms with Crippen LogP contribution in [-0.4, -0.2) is 26.9 Å². The Kier molecular flexibility index (Phi) is 4.12. The second-order valence-electron chi connectivity index (χ2n) is 2.60. The topological polar surface area (TPSA) is 17.1 Å². The molecule has 1 rings (SSSR count). The fourth-order valence-corrected chi connectivity index (χ4v) is 2.16. The van der Waals surface area contributed by atoms with Crippen LogP contribution in [0.1, 0.15) is 0 Å². The Bertz CT molecular complexity index is 357. The van der Waals surface area contributed by atoms with Crippen molar-refractivity contribution in [2.75, 3.05) is 0 Å². The molecule has 5 heteroatoms. The Morgan fingerprint density at radius 3 is 2.33 bits per heavy atom. The molecule has 0 heterocycles. The molecule has 1 nitrogen and oxygen atoms in total. The van der Waals surface area contributed by atoms with Gasteiger partial charge in [-0.3, -0.25) is 0 Å². The number of benzene rings is 1.